The molecule has 18 heavy (non-hydrogen) atoms. The van der Waals surface area contributed by atoms with E-state index in [1.165, 1.54) is 5.56 Å². The van der Waals surface area contributed by atoms with Crippen molar-refractivity contribution in [3.63, 3.8) is 0 Å². The molecule has 1 aliphatic rings. The minimum absolute atomic E-state index is 0.156. The third-order valence-corrected chi connectivity index (χ3v) is 4.45. The third-order valence-electron chi connectivity index (χ3n) is 4.45. The van der Waals surface area contributed by atoms with Gasteiger partial charge in [-0.3, -0.25) is 4.90 Å². The molecule has 1 aromatic rings. The van der Waals surface area contributed by atoms with Gasteiger partial charge in [0.2, 0.25) is 0 Å². The van der Waals surface area contributed by atoms with Gasteiger partial charge < -0.3 is 10.8 Å². The van der Waals surface area contributed by atoms with Crippen molar-refractivity contribution in [3.05, 3.63) is 35.9 Å². The second-order valence-corrected chi connectivity index (χ2v) is 5.85. The minimum Gasteiger partial charge on any atom is -0.391 e. The van der Waals surface area contributed by atoms with Crippen molar-refractivity contribution in [2.45, 2.75) is 45.0 Å². The Labute approximate surface area is 110 Å². The molecule has 3 nitrogen and oxygen atoms in total. The van der Waals surface area contributed by atoms with E-state index in [1.54, 1.807) is 0 Å². The van der Waals surface area contributed by atoms with Crippen LogP contribution >= 0.6 is 0 Å². The van der Waals surface area contributed by atoms with Gasteiger partial charge in [-0.05, 0) is 32.9 Å². The van der Waals surface area contributed by atoms with Crippen LogP contribution < -0.4 is 5.73 Å². The average molecular weight is 248 g/mol. The first kappa shape index (κ1) is 13.5. The molecule has 100 valence electrons. The second-order valence-electron chi connectivity index (χ2n) is 5.85. The zero-order valence-corrected chi connectivity index (χ0v) is 11.5. The highest BCUT2D eigenvalue weighted by molar-refractivity contribution is 5.17. The number of likely N-dealkylation sites (tertiary alicyclic amines) is 1. The number of hydrogen-bond acceptors (Lipinski definition) is 3. The molecule has 1 fully saturated rings. The van der Waals surface area contributed by atoms with Crippen LogP contribution in [0.15, 0.2) is 30.3 Å². The zero-order chi connectivity index (χ0) is 13.3. The van der Waals surface area contributed by atoms with Crippen molar-refractivity contribution >= 4 is 0 Å². The van der Waals surface area contributed by atoms with Gasteiger partial charge in [0.05, 0.1) is 6.10 Å². The Kier molecular flexibility index (Phi) is 3.76. The number of benzene rings is 1. The average Bonchev–Trinajstić information content (AvgIpc) is 2.51. The Hall–Kier alpha value is -0.900. The zero-order valence-electron chi connectivity index (χ0n) is 11.5. The Morgan fingerprint density at radius 2 is 1.89 bits per heavy atom. The lowest BCUT2D eigenvalue weighted by Crippen LogP contribution is -2.46. The fourth-order valence-corrected chi connectivity index (χ4v) is 3.17. The van der Waals surface area contributed by atoms with Crippen LogP contribution in [0.5, 0.6) is 0 Å². The van der Waals surface area contributed by atoms with Gasteiger partial charge in [0.1, 0.15) is 0 Å². The Morgan fingerprint density at radius 1 is 1.28 bits per heavy atom. The molecule has 2 rings (SSSR count). The molecule has 1 aromatic carbocycles. The maximum Gasteiger partial charge on any atom is 0.0773 e. The Bertz CT molecular complexity index is 391. The monoisotopic (exact) mass is 248 g/mol. The summed E-state index contributed by atoms with van der Waals surface area (Å²) in [7, 11) is 0. The molecule has 0 saturated carbocycles. The van der Waals surface area contributed by atoms with Crippen LogP contribution in [0, 0.1) is 5.92 Å². The van der Waals surface area contributed by atoms with E-state index in [1.807, 2.05) is 6.07 Å². The molecule has 3 atom stereocenters. The highest BCUT2D eigenvalue weighted by atomic mass is 16.3. The van der Waals surface area contributed by atoms with Crippen molar-refractivity contribution in [1.29, 1.82) is 0 Å². The van der Waals surface area contributed by atoms with E-state index in [4.69, 9.17) is 5.73 Å². The van der Waals surface area contributed by atoms with E-state index in [0.29, 0.717) is 12.6 Å². The molecule has 0 aliphatic carbocycles. The predicted octanol–water partition coefficient (Wildman–Crippen LogP) is 1.61. The summed E-state index contributed by atoms with van der Waals surface area (Å²) in [6, 6.07) is 10.7. The van der Waals surface area contributed by atoms with Crippen LogP contribution in [0.2, 0.25) is 0 Å². The molecular formula is C15H24N2O. The molecule has 0 aromatic heterocycles. The highest BCUT2D eigenvalue weighted by Crippen LogP contribution is 2.38. The van der Waals surface area contributed by atoms with Crippen molar-refractivity contribution in [2.24, 2.45) is 11.7 Å². The molecule has 0 radical (unpaired) electrons. The van der Waals surface area contributed by atoms with E-state index < -0.39 is 0 Å². The predicted molar refractivity (Wildman–Crippen MR) is 74.1 cm³/mol. The highest BCUT2D eigenvalue weighted by Gasteiger charge is 2.50. The molecule has 0 spiro atoms. The number of nitrogens with two attached hydrogens (primary N) is 1. The fourth-order valence-electron chi connectivity index (χ4n) is 3.17. The minimum atomic E-state index is -0.360. The van der Waals surface area contributed by atoms with Gasteiger partial charge in [-0.2, -0.15) is 0 Å². The van der Waals surface area contributed by atoms with Gasteiger partial charge in [0, 0.05) is 24.0 Å². The topological polar surface area (TPSA) is 49.5 Å². The van der Waals surface area contributed by atoms with E-state index >= 15 is 0 Å². The molecule has 1 aliphatic heterocycles. The summed E-state index contributed by atoms with van der Waals surface area (Å²) in [5.74, 6) is 0.156. The number of hydrogen-bond donors (Lipinski definition) is 2. The van der Waals surface area contributed by atoms with Gasteiger partial charge in [-0.15, -0.1) is 0 Å². The lowest BCUT2D eigenvalue weighted by atomic mass is 9.91. The molecule has 0 bridgehead atoms. The number of rotatable bonds is 3. The van der Waals surface area contributed by atoms with E-state index in [9.17, 15) is 5.11 Å². The van der Waals surface area contributed by atoms with Crippen molar-refractivity contribution in [3.8, 4) is 0 Å². The van der Waals surface area contributed by atoms with Gasteiger partial charge in [0.25, 0.3) is 0 Å². The normalized spacial score (nSPS) is 31.7. The van der Waals surface area contributed by atoms with Crippen molar-refractivity contribution in [2.75, 3.05) is 6.54 Å². The summed E-state index contributed by atoms with van der Waals surface area (Å²) in [6.07, 6.45) is -0.360. The Morgan fingerprint density at radius 3 is 2.39 bits per heavy atom. The molecule has 0 amide bonds. The second kappa shape index (κ2) is 5.00. The molecule has 3 heteroatoms. The van der Waals surface area contributed by atoms with Gasteiger partial charge in [-0.25, -0.2) is 0 Å². The van der Waals surface area contributed by atoms with E-state index in [2.05, 4.69) is 49.9 Å². The number of aliphatic hydroxyl groups is 1. The summed E-state index contributed by atoms with van der Waals surface area (Å²) in [5, 5.41) is 10.4. The van der Waals surface area contributed by atoms with Crippen LogP contribution in [0.1, 0.15) is 26.3 Å². The van der Waals surface area contributed by atoms with Crippen molar-refractivity contribution < 1.29 is 5.11 Å². The maximum absolute atomic E-state index is 10.4. The summed E-state index contributed by atoms with van der Waals surface area (Å²) >= 11 is 0. The molecule has 1 heterocycles. The first-order chi connectivity index (χ1) is 8.48. The first-order valence-electron chi connectivity index (χ1n) is 6.67. The standard InChI is InChI=1S/C15H24N2O/c1-11-13(9-16)14(18)15(2,3)17(11)10-12-7-5-4-6-8-12/h4-8,11,13-14,18H,9-10,16H2,1-3H3. The van der Waals surface area contributed by atoms with E-state index in [-0.39, 0.29) is 17.6 Å². The third kappa shape index (κ3) is 2.18. The van der Waals surface area contributed by atoms with Crippen molar-refractivity contribution in [1.82, 2.24) is 4.90 Å². The molecule has 3 N–H and O–H groups in total. The van der Waals surface area contributed by atoms with Crippen LogP contribution in [0.4, 0.5) is 0 Å². The van der Waals surface area contributed by atoms with Crippen LogP contribution in [-0.4, -0.2) is 34.2 Å². The largest absolute Gasteiger partial charge is 0.391 e. The van der Waals surface area contributed by atoms with Gasteiger partial charge in [0.15, 0.2) is 0 Å². The fraction of sp³-hybridized carbons (Fsp3) is 0.600. The maximum atomic E-state index is 10.4. The molecular weight excluding hydrogens is 224 g/mol. The summed E-state index contributed by atoms with van der Waals surface area (Å²) in [6.45, 7) is 7.78. The summed E-state index contributed by atoms with van der Waals surface area (Å²) < 4.78 is 0. The van der Waals surface area contributed by atoms with Gasteiger partial charge >= 0.3 is 0 Å². The quantitative estimate of drug-likeness (QED) is 0.854. The Balaban J connectivity index is 2.21. The number of aliphatic hydroxyl groups excluding tert-OH is 1. The number of nitrogens with zero attached hydrogens (tertiary/aromatic N) is 1. The van der Waals surface area contributed by atoms with Crippen LogP contribution in [-0.2, 0) is 6.54 Å². The summed E-state index contributed by atoms with van der Waals surface area (Å²) in [5.41, 5.74) is 6.86. The van der Waals surface area contributed by atoms with Gasteiger partial charge in [-0.1, -0.05) is 30.3 Å². The SMILES string of the molecule is CC1C(CN)C(O)C(C)(C)N1Cc1ccccc1. The smallest absolute Gasteiger partial charge is 0.0773 e. The molecule has 3 unspecified atom stereocenters. The lowest BCUT2D eigenvalue weighted by Gasteiger charge is -2.36. The summed E-state index contributed by atoms with van der Waals surface area (Å²) in [4.78, 5) is 2.37. The lowest BCUT2D eigenvalue weighted by molar-refractivity contribution is 0.0351. The van der Waals surface area contributed by atoms with E-state index in [0.717, 1.165) is 6.54 Å². The van der Waals surface area contributed by atoms with Crippen LogP contribution in [0.3, 0.4) is 0 Å². The molecule has 1 saturated heterocycles. The first-order valence-corrected chi connectivity index (χ1v) is 6.67. The van der Waals surface area contributed by atoms with Crippen LogP contribution in [0.25, 0.3) is 0 Å².